The number of benzene rings is 1. The first-order valence-electron chi connectivity index (χ1n) is 8.94. The van der Waals surface area contributed by atoms with Crippen molar-refractivity contribution in [2.45, 2.75) is 26.2 Å². The highest BCUT2D eigenvalue weighted by molar-refractivity contribution is 6.08. The number of hydrogen-bond donors (Lipinski definition) is 2. The topological polar surface area (TPSA) is 97.7 Å². The number of anilines is 1. The smallest absolute Gasteiger partial charge is 0.256 e. The van der Waals surface area contributed by atoms with Gasteiger partial charge in [0.1, 0.15) is 0 Å². The molecule has 144 valence electrons. The van der Waals surface area contributed by atoms with Gasteiger partial charge >= 0.3 is 0 Å². The Balaban J connectivity index is 1.81. The lowest BCUT2D eigenvalue weighted by molar-refractivity contribution is 0.102. The summed E-state index contributed by atoms with van der Waals surface area (Å²) in [5.41, 5.74) is 9.40. The van der Waals surface area contributed by atoms with Crippen molar-refractivity contribution in [3.05, 3.63) is 65.6 Å². The second-order valence-corrected chi connectivity index (χ2v) is 7.44. The van der Waals surface area contributed by atoms with E-state index in [1.807, 2.05) is 30.3 Å². The standard InChI is InChI=1S/C21H24N6O/c1-21(2,3)16-7-5-14(6-8-16)20(28)25-18-13-27-19(24-18)10-9-17(26-27)15(11-22)12-23-4/h5-13H,22H2,1-4H3,(H,25,28). The zero-order valence-corrected chi connectivity index (χ0v) is 16.5. The Morgan fingerprint density at radius 2 is 1.89 bits per heavy atom. The number of amides is 1. The third kappa shape index (κ3) is 4.09. The lowest BCUT2D eigenvalue weighted by atomic mass is 9.87. The van der Waals surface area contributed by atoms with Crippen molar-refractivity contribution in [3.8, 4) is 0 Å². The van der Waals surface area contributed by atoms with Gasteiger partial charge < -0.3 is 11.1 Å². The zero-order valence-electron chi connectivity index (χ0n) is 16.5. The van der Waals surface area contributed by atoms with E-state index in [2.05, 4.69) is 41.2 Å². The number of rotatable bonds is 4. The first kappa shape index (κ1) is 19.3. The molecule has 1 aromatic carbocycles. The minimum atomic E-state index is -0.218. The first-order valence-corrected chi connectivity index (χ1v) is 8.94. The quantitative estimate of drug-likeness (QED) is 0.683. The second kappa shape index (κ2) is 7.64. The first-order chi connectivity index (χ1) is 13.3. The maximum atomic E-state index is 12.5. The summed E-state index contributed by atoms with van der Waals surface area (Å²) in [5, 5.41) is 7.28. The van der Waals surface area contributed by atoms with Crippen molar-refractivity contribution >= 4 is 29.2 Å². The number of carbonyl (C=O) groups is 1. The molecule has 0 aliphatic carbocycles. The molecule has 1 amide bonds. The monoisotopic (exact) mass is 376 g/mol. The number of allylic oxidation sites excluding steroid dienone is 1. The summed E-state index contributed by atoms with van der Waals surface area (Å²) in [6, 6.07) is 11.2. The van der Waals surface area contributed by atoms with Crippen LogP contribution in [0.15, 0.2) is 53.8 Å². The highest BCUT2D eigenvalue weighted by Crippen LogP contribution is 2.22. The Bertz CT molecular complexity index is 1050. The molecule has 3 rings (SSSR count). The summed E-state index contributed by atoms with van der Waals surface area (Å²) < 4.78 is 1.60. The van der Waals surface area contributed by atoms with Crippen molar-refractivity contribution < 1.29 is 4.79 Å². The summed E-state index contributed by atoms with van der Waals surface area (Å²) in [6.07, 6.45) is 4.74. The summed E-state index contributed by atoms with van der Waals surface area (Å²) >= 11 is 0. The van der Waals surface area contributed by atoms with Crippen LogP contribution in [0.1, 0.15) is 42.4 Å². The Kier molecular flexibility index (Phi) is 5.26. The van der Waals surface area contributed by atoms with Gasteiger partial charge in [0.25, 0.3) is 5.91 Å². The van der Waals surface area contributed by atoms with E-state index in [-0.39, 0.29) is 11.3 Å². The van der Waals surface area contributed by atoms with Gasteiger partial charge in [0.2, 0.25) is 0 Å². The van der Waals surface area contributed by atoms with Crippen molar-refractivity contribution in [1.82, 2.24) is 14.6 Å². The largest absolute Gasteiger partial charge is 0.404 e. The predicted octanol–water partition coefficient (Wildman–Crippen LogP) is 3.28. The molecule has 0 saturated heterocycles. The van der Waals surface area contributed by atoms with Gasteiger partial charge in [0.05, 0.1) is 11.9 Å². The highest BCUT2D eigenvalue weighted by Gasteiger charge is 2.15. The van der Waals surface area contributed by atoms with E-state index in [1.165, 1.54) is 11.8 Å². The minimum Gasteiger partial charge on any atom is -0.404 e. The van der Waals surface area contributed by atoms with Gasteiger partial charge in [0.15, 0.2) is 11.5 Å². The Hall–Kier alpha value is -3.48. The molecule has 0 spiro atoms. The van der Waals surface area contributed by atoms with E-state index in [9.17, 15) is 4.79 Å². The van der Waals surface area contributed by atoms with E-state index in [1.54, 1.807) is 30.0 Å². The molecule has 0 radical (unpaired) electrons. The van der Waals surface area contributed by atoms with Crippen LogP contribution in [0.5, 0.6) is 0 Å². The number of aliphatic imine (C=N–C) groups is 1. The lowest BCUT2D eigenvalue weighted by Crippen LogP contribution is -2.14. The molecule has 28 heavy (non-hydrogen) atoms. The van der Waals surface area contributed by atoms with Crippen LogP contribution in [0, 0.1) is 0 Å². The van der Waals surface area contributed by atoms with E-state index in [0.717, 1.165) is 0 Å². The van der Waals surface area contributed by atoms with Crippen LogP contribution in [-0.2, 0) is 5.41 Å². The molecule has 7 heteroatoms. The van der Waals surface area contributed by atoms with Crippen molar-refractivity contribution in [2.24, 2.45) is 10.7 Å². The fourth-order valence-electron chi connectivity index (χ4n) is 2.74. The zero-order chi connectivity index (χ0) is 20.3. The lowest BCUT2D eigenvalue weighted by Gasteiger charge is -2.18. The maximum absolute atomic E-state index is 12.5. The molecule has 2 heterocycles. The van der Waals surface area contributed by atoms with Crippen LogP contribution in [0.4, 0.5) is 5.82 Å². The van der Waals surface area contributed by atoms with Crippen molar-refractivity contribution in [2.75, 3.05) is 12.4 Å². The van der Waals surface area contributed by atoms with Crippen LogP contribution in [0.3, 0.4) is 0 Å². The third-order valence-electron chi connectivity index (χ3n) is 4.32. The molecule has 3 aromatic rings. The SMILES string of the molecule is CN=CC(=CN)c1ccc2nc(NC(=O)c3ccc(C(C)(C)C)cc3)cn2n1. The molecule has 2 aromatic heterocycles. The molecule has 0 aliphatic rings. The van der Waals surface area contributed by atoms with Crippen LogP contribution in [-0.4, -0.2) is 33.8 Å². The number of nitrogens with one attached hydrogen (secondary N) is 1. The average molecular weight is 376 g/mol. The fraction of sp³-hybridized carbons (Fsp3) is 0.238. The third-order valence-corrected chi connectivity index (χ3v) is 4.32. The Morgan fingerprint density at radius 1 is 1.18 bits per heavy atom. The van der Waals surface area contributed by atoms with Gasteiger partial charge in [-0.1, -0.05) is 32.9 Å². The summed E-state index contributed by atoms with van der Waals surface area (Å²) in [4.78, 5) is 20.9. The molecular formula is C21H24N6O. The maximum Gasteiger partial charge on any atom is 0.256 e. The minimum absolute atomic E-state index is 0.0410. The Morgan fingerprint density at radius 3 is 2.50 bits per heavy atom. The number of nitrogens with two attached hydrogens (primary N) is 1. The predicted molar refractivity (Wildman–Crippen MR) is 113 cm³/mol. The summed E-state index contributed by atoms with van der Waals surface area (Å²) in [5.74, 6) is 0.210. The number of imidazole rings is 1. The number of hydrogen-bond acceptors (Lipinski definition) is 5. The van der Waals surface area contributed by atoms with Gasteiger partial charge in [0, 0.05) is 30.6 Å². The number of carbonyl (C=O) groups excluding carboxylic acids is 1. The normalized spacial score (nSPS) is 12.6. The summed E-state index contributed by atoms with van der Waals surface area (Å²) in [6.45, 7) is 6.41. The fourth-order valence-corrected chi connectivity index (χ4v) is 2.74. The van der Waals surface area contributed by atoms with Crippen LogP contribution < -0.4 is 11.1 Å². The highest BCUT2D eigenvalue weighted by atomic mass is 16.1. The second-order valence-electron chi connectivity index (χ2n) is 7.44. The van der Waals surface area contributed by atoms with Crippen molar-refractivity contribution in [3.63, 3.8) is 0 Å². The van der Waals surface area contributed by atoms with Crippen LogP contribution in [0.2, 0.25) is 0 Å². The molecule has 0 saturated carbocycles. The molecule has 7 nitrogen and oxygen atoms in total. The van der Waals surface area contributed by atoms with Crippen LogP contribution >= 0.6 is 0 Å². The number of aromatic nitrogens is 3. The van der Waals surface area contributed by atoms with E-state index in [0.29, 0.717) is 28.3 Å². The number of nitrogens with zero attached hydrogens (tertiary/aromatic N) is 4. The van der Waals surface area contributed by atoms with Gasteiger partial charge in [-0.25, -0.2) is 9.50 Å². The van der Waals surface area contributed by atoms with Crippen molar-refractivity contribution in [1.29, 1.82) is 0 Å². The van der Waals surface area contributed by atoms with E-state index < -0.39 is 0 Å². The molecular weight excluding hydrogens is 352 g/mol. The average Bonchev–Trinajstić information content (AvgIpc) is 3.06. The number of fused-ring (bicyclic) bond motifs is 1. The van der Waals surface area contributed by atoms with E-state index in [4.69, 9.17) is 5.73 Å². The van der Waals surface area contributed by atoms with Gasteiger partial charge in [-0.2, -0.15) is 5.10 Å². The van der Waals surface area contributed by atoms with E-state index >= 15 is 0 Å². The van der Waals surface area contributed by atoms with Crippen LogP contribution in [0.25, 0.3) is 11.2 Å². The molecule has 0 bridgehead atoms. The van der Waals surface area contributed by atoms with Gasteiger partial charge in [-0.3, -0.25) is 9.79 Å². The molecule has 0 atom stereocenters. The molecule has 0 fully saturated rings. The van der Waals surface area contributed by atoms with Gasteiger partial charge in [-0.15, -0.1) is 0 Å². The van der Waals surface area contributed by atoms with Gasteiger partial charge in [-0.05, 0) is 35.2 Å². The Labute approximate surface area is 164 Å². The summed E-state index contributed by atoms with van der Waals surface area (Å²) in [7, 11) is 1.67. The molecule has 3 N–H and O–H groups in total. The molecule has 0 unspecified atom stereocenters. The molecule has 0 aliphatic heterocycles.